The number of hydrogen-bond acceptors (Lipinski definition) is 5. The molecule has 0 fully saturated rings. The van der Waals surface area contributed by atoms with Crippen molar-refractivity contribution < 1.29 is 28.2 Å². The number of hydrogen-bond donors (Lipinski definition) is 0. The number of halogens is 1. The lowest BCUT2D eigenvalue weighted by Crippen LogP contribution is -2.36. The minimum Gasteiger partial charge on any atom is -0.487 e. The van der Waals surface area contributed by atoms with Gasteiger partial charge < -0.3 is 14.2 Å². The number of ether oxygens (including phenoxy) is 3. The zero-order valence-electron chi connectivity index (χ0n) is 12.7. The van der Waals surface area contributed by atoms with E-state index in [4.69, 9.17) is 14.2 Å². The predicted octanol–water partition coefficient (Wildman–Crippen LogP) is 2.53. The normalized spacial score (nSPS) is 16.0. The number of cyclic esters (lactones) is 1. The maximum atomic E-state index is 13.4. The number of para-hydroxylation sites is 1. The van der Waals surface area contributed by atoms with Crippen LogP contribution in [0, 0.1) is 5.82 Å². The van der Waals surface area contributed by atoms with Crippen molar-refractivity contribution >= 4 is 11.9 Å². The van der Waals surface area contributed by atoms with Crippen molar-refractivity contribution in [2.24, 2.45) is 0 Å². The lowest BCUT2D eigenvalue weighted by molar-refractivity contribution is -0.155. The van der Waals surface area contributed by atoms with Crippen LogP contribution in [-0.4, -0.2) is 31.3 Å². The Morgan fingerprint density at radius 3 is 2.71 bits per heavy atom. The molecule has 1 aliphatic heterocycles. The van der Waals surface area contributed by atoms with Gasteiger partial charge in [-0.25, -0.2) is 14.0 Å². The second-order valence-electron chi connectivity index (χ2n) is 5.20. The molecule has 0 saturated heterocycles. The fraction of sp³-hybridized carbons (Fsp3) is 0.222. The highest BCUT2D eigenvalue weighted by molar-refractivity contribution is 5.94. The molecule has 0 N–H and O–H groups in total. The minimum absolute atomic E-state index is 0.00390. The van der Waals surface area contributed by atoms with E-state index < -0.39 is 23.9 Å². The van der Waals surface area contributed by atoms with Gasteiger partial charge in [0, 0.05) is 6.42 Å². The summed E-state index contributed by atoms with van der Waals surface area (Å²) >= 11 is 0. The molecule has 0 aromatic heterocycles. The Hall–Kier alpha value is -2.89. The first-order valence-corrected chi connectivity index (χ1v) is 7.48. The number of benzene rings is 2. The first-order chi connectivity index (χ1) is 11.6. The molecule has 2 aromatic rings. The van der Waals surface area contributed by atoms with Crippen LogP contribution in [0.4, 0.5) is 4.39 Å². The highest BCUT2D eigenvalue weighted by Crippen LogP contribution is 2.21. The Bertz CT molecular complexity index is 759. The Kier molecular flexibility index (Phi) is 4.74. The summed E-state index contributed by atoms with van der Waals surface area (Å²) in [4.78, 5) is 23.9. The molecule has 0 radical (unpaired) electrons. The summed E-state index contributed by atoms with van der Waals surface area (Å²) in [6, 6.07) is 12.9. The van der Waals surface area contributed by atoms with Crippen LogP contribution in [-0.2, 0) is 20.7 Å². The summed E-state index contributed by atoms with van der Waals surface area (Å²) in [7, 11) is 0. The summed E-state index contributed by atoms with van der Waals surface area (Å²) < 4.78 is 28.7. The summed E-state index contributed by atoms with van der Waals surface area (Å²) in [5.41, 5.74) is 1.21. The van der Waals surface area contributed by atoms with Crippen LogP contribution in [0.15, 0.2) is 48.5 Å². The van der Waals surface area contributed by atoms with Crippen LogP contribution in [0.25, 0.3) is 0 Å². The molecular formula is C18H15FO5. The molecule has 0 unspecified atom stereocenters. The van der Waals surface area contributed by atoms with Gasteiger partial charge in [0.25, 0.3) is 0 Å². The average Bonchev–Trinajstić information content (AvgIpc) is 2.60. The van der Waals surface area contributed by atoms with Crippen molar-refractivity contribution in [3.8, 4) is 5.75 Å². The Morgan fingerprint density at radius 1 is 1.12 bits per heavy atom. The van der Waals surface area contributed by atoms with E-state index in [-0.39, 0.29) is 25.4 Å². The van der Waals surface area contributed by atoms with Crippen LogP contribution >= 0.6 is 0 Å². The molecule has 3 rings (SSSR count). The summed E-state index contributed by atoms with van der Waals surface area (Å²) in [5.74, 6) is -1.58. The van der Waals surface area contributed by atoms with E-state index in [9.17, 15) is 14.0 Å². The molecule has 124 valence electrons. The Labute approximate surface area is 138 Å². The molecule has 0 bridgehead atoms. The first kappa shape index (κ1) is 16.0. The van der Waals surface area contributed by atoms with Gasteiger partial charge in [0.05, 0.1) is 5.56 Å². The molecular weight excluding hydrogens is 315 g/mol. The summed E-state index contributed by atoms with van der Waals surface area (Å²) in [5, 5.41) is 0. The highest BCUT2D eigenvalue weighted by Gasteiger charge is 2.32. The third-order valence-corrected chi connectivity index (χ3v) is 3.58. The fourth-order valence-corrected chi connectivity index (χ4v) is 2.41. The number of fused-ring (bicyclic) bond motifs is 1. The topological polar surface area (TPSA) is 61.8 Å². The van der Waals surface area contributed by atoms with Crippen molar-refractivity contribution in [3.05, 3.63) is 65.5 Å². The van der Waals surface area contributed by atoms with E-state index in [1.54, 1.807) is 36.4 Å². The molecule has 0 saturated carbocycles. The molecule has 24 heavy (non-hydrogen) atoms. The standard InChI is InChI=1S/C18H15FO5/c19-14-7-3-4-8-15(14)22-9-10-23-18(21)16-11-12-5-1-2-6-13(12)17(20)24-16/h1-8,16H,9-11H2/t16-/m1/s1. The smallest absolute Gasteiger partial charge is 0.347 e. The minimum atomic E-state index is -0.971. The van der Waals surface area contributed by atoms with Crippen LogP contribution in [0.3, 0.4) is 0 Å². The third kappa shape index (κ3) is 3.53. The monoisotopic (exact) mass is 330 g/mol. The van der Waals surface area contributed by atoms with Crippen molar-refractivity contribution in [2.45, 2.75) is 12.5 Å². The maximum Gasteiger partial charge on any atom is 0.347 e. The van der Waals surface area contributed by atoms with Gasteiger partial charge >= 0.3 is 11.9 Å². The van der Waals surface area contributed by atoms with E-state index in [0.29, 0.717) is 5.56 Å². The quantitative estimate of drug-likeness (QED) is 0.623. The largest absolute Gasteiger partial charge is 0.487 e. The van der Waals surface area contributed by atoms with Gasteiger partial charge in [0.1, 0.15) is 13.2 Å². The van der Waals surface area contributed by atoms with Crippen LogP contribution in [0.2, 0.25) is 0 Å². The Morgan fingerprint density at radius 2 is 1.88 bits per heavy atom. The van der Waals surface area contributed by atoms with Gasteiger partial charge in [-0.3, -0.25) is 0 Å². The molecule has 1 heterocycles. The molecule has 1 aliphatic rings. The van der Waals surface area contributed by atoms with E-state index >= 15 is 0 Å². The van der Waals surface area contributed by atoms with Gasteiger partial charge in [-0.05, 0) is 23.8 Å². The zero-order valence-corrected chi connectivity index (χ0v) is 12.7. The number of carbonyl (C=O) groups is 2. The van der Waals surface area contributed by atoms with Crippen molar-refractivity contribution in [1.29, 1.82) is 0 Å². The van der Waals surface area contributed by atoms with Gasteiger partial charge in [-0.2, -0.15) is 0 Å². The highest BCUT2D eigenvalue weighted by atomic mass is 19.1. The van der Waals surface area contributed by atoms with Gasteiger partial charge in [0.2, 0.25) is 6.10 Å². The maximum absolute atomic E-state index is 13.4. The second-order valence-corrected chi connectivity index (χ2v) is 5.20. The average molecular weight is 330 g/mol. The molecule has 0 spiro atoms. The van der Waals surface area contributed by atoms with Gasteiger partial charge in [-0.15, -0.1) is 0 Å². The van der Waals surface area contributed by atoms with E-state index in [0.717, 1.165) is 5.56 Å². The van der Waals surface area contributed by atoms with Crippen molar-refractivity contribution in [3.63, 3.8) is 0 Å². The van der Waals surface area contributed by atoms with E-state index in [1.807, 2.05) is 0 Å². The summed E-state index contributed by atoms with van der Waals surface area (Å²) in [6.45, 7) is -0.0627. The molecule has 0 aliphatic carbocycles. The van der Waals surface area contributed by atoms with E-state index in [1.165, 1.54) is 12.1 Å². The van der Waals surface area contributed by atoms with E-state index in [2.05, 4.69) is 0 Å². The Balaban J connectivity index is 1.50. The SMILES string of the molecule is O=C1O[C@@H](C(=O)OCCOc2ccccc2F)Cc2ccccc21. The number of carbonyl (C=O) groups excluding carboxylic acids is 2. The third-order valence-electron chi connectivity index (χ3n) is 3.58. The zero-order chi connectivity index (χ0) is 16.9. The molecule has 6 heteroatoms. The van der Waals surface area contributed by atoms with Gasteiger partial charge in [0.15, 0.2) is 11.6 Å². The summed E-state index contributed by atoms with van der Waals surface area (Å²) in [6.07, 6.45) is -0.699. The molecule has 0 amide bonds. The van der Waals surface area contributed by atoms with Crippen LogP contribution < -0.4 is 4.74 Å². The lowest BCUT2D eigenvalue weighted by atomic mass is 9.99. The van der Waals surface area contributed by atoms with Crippen molar-refractivity contribution in [2.75, 3.05) is 13.2 Å². The predicted molar refractivity (Wildman–Crippen MR) is 82.2 cm³/mol. The number of esters is 2. The fourth-order valence-electron chi connectivity index (χ4n) is 2.41. The van der Waals surface area contributed by atoms with Crippen LogP contribution in [0.5, 0.6) is 5.75 Å². The number of rotatable bonds is 5. The molecule has 1 atom stereocenters. The molecule has 5 nitrogen and oxygen atoms in total. The first-order valence-electron chi connectivity index (χ1n) is 7.48. The van der Waals surface area contributed by atoms with Gasteiger partial charge in [-0.1, -0.05) is 30.3 Å². The van der Waals surface area contributed by atoms with Crippen LogP contribution in [0.1, 0.15) is 15.9 Å². The molecule has 2 aromatic carbocycles. The second kappa shape index (κ2) is 7.12. The van der Waals surface area contributed by atoms with Crippen molar-refractivity contribution in [1.82, 2.24) is 0 Å². The lowest BCUT2D eigenvalue weighted by Gasteiger charge is -2.23.